The first-order valence-corrected chi connectivity index (χ1v) is 12.5. The Hall–Kier alpha value is -2.09. The molecular formula is C22H33NO10S. The average molecular weight is 504 g/mol. The first-order chi connectivity index (χ1) is 15.9. The van der Waals surface area contributed by atoms with Gasteiger partial charge in [0.15, 0.2) is 16.1 Å². The highest BCUT2D eigenvalue weighted by Gasteiger charge is 2.49. The number of amides is 1. The molecule has 34 heavy (non-hydrogen) atoms. The molecule has 6 atom stereocenters. The summed E-state index contributed by atoms with van der Waals surface area (Å²) in [5.41, 5.74) is 0.719. The van der Waals surface area contributed by atoms with Gasteiger partial charge in [-0.15, -0.1) is 0 Å². The number of nitrogens with one attached hydrogen (secondary N) is 1. The second-order valence-electron chi connectivity index (χ2n) is 8.66. The highest BCUT2D eigenvalue weighted by molar-refractivity contribution is 7.93. The van der Waals surface area contributed by atoms with E-state index in [1.165, 1.54) is 0 Å². The lowest BCUT2D eigenvalue weighted by Gasteiger charge is -2.41. The second-order valence-corrected chi connectivity index (χ2v) is 11.2. The number of carbonyl (C=O) groups excluding carboxylic acids is 2. The van der Waals surface area contributed by atoms with Crippen molar-refractivity contribution in [3.63, 3.8) is 0 Å². The van der Waals surface area contributed by atoms with Gasteiger partial charge in [0.25, 0.3) is 0 Å². The van der Waals surface area contributed by atoms with Gasteiger partial charge in [0.1, 0.15) is 29.1 Å². The van der Waals surface area contributed by atoms with Crippen molar-refractivity contribution in [2.45, 2.75) is 62.6 Å². The second kappa shape index (κ2) is 11.6. The standard InChI is InChI=1S/C22H33NO10S/c1-4-32-19(27)14(10-13-8-6-5-7-9-13)12-34(30,31)22(2,3)21(29)23-16-18(26)17(25)15(11-24)33-20(16)28/h5-9,14-18,20,24-26,28H,4,10-12H2,1-3H3,(H,23,29)/t14-,15-,16+,17-,18-,20+/m1/s1. The number of aliphatic hydroxyl groups is 4. The molecule has 0 bridgehead atoms. The summed E-state index contributed by atoms with van der Waals surface area (Å²) < 4.78 is 34.5. The number of ether oxygens (including phenoxy) is 2. The number of sulfone groups is 1. The van der Waals surface area contributed by atoms with E-state index >= 15 is 0 Å². The molecule has 0 spiro atoms. The molecule has 1 amide bonds. The number of rotatable bonds is 10. The zero-order valence-electron chi connectivity index (χ0n) is 19.3. The minimum Gasteiger partial charge on any atom is -0.466 e. The molecule has 1 aromatic rings. The van der Waals surface area contributed by atoms with E-state index in [1.807, 2.05) is 0 Å². The maximum absolute atomic E-state index is 13.3. The van der Waals surface area contributed by atoms with E-state index < -0.39 is 75.4 Å². The fraction of sp³-hybridized carbons (Fsp3) is 0.636. The first kappa shape index (κ1) is 28.1. The summed E-state index contributed by atoms with van der Waals surface area (Å²) in [6.45, 7) is 3.24. The molecule has 0 aromatic heterocycles. The Bertz CT molecular complexity index is 936. The van der Waals surface area contributed by atoms with Crippen LogP contribution in [0.15, 0.2) is 30.3 Å². The third-order valence-electron chi connectivity index (χ3n) is 5.89. The van der Waals surface area contributed by atoms with Crippen LogP contribution in [0, 0.1) is 5.92 Å². The lowest BCUT2D eigenvalue weighted by Crippen LogP contribution is -2.66. The molecule has 2 rings (SSSR count). The summed E-state index contributed by atoms with van der Waals surface area (Å²) in [4.78, 5) is 25.5. The van der Waals surface area contributed by atoms with Gasteiger partial charge in [-0.1, -0.05) is 30.3 Å². The highest BCUT2D eigenvalue weighted by Crippen LogP contribution is 2.25. The van der Waals surface area contributed by atoms with Crippen LogP contribution in [0.1, 0.15) is 26.3 Å². The maximum atomic E-state index is 13.3. The molecule has 1 fully saturated rings. The van der Waals surface area contributed by atoms with Crippen LogP contribution in [0.4, 0.5) is 0 Å². The normalized spacial score (nSPS) is 26.5. The summed E-state index contributed by atoms with van der Waals surface area (Å²) >= 11 is 0. The van der Waals surface area contributed by atoms with Crippen molar-refractivity contribution in [1.29, 1.82) is 0 Å². The summed E-state index contributed by atoms with van der Waals surface area (Å²) in [7, 11) is -4.28. The monoisotopic (exact) mass is 503 g/mol. The molecule has 12 heteroatoms. The van der Waals surface area contributed by atoms with Gasteiger partial charge in [-0.3, -0.25) is 9.59 Å². The van der Waals surface area contributed by atoms with Crippen LogP contribution in [-0.2, 0) is 35.3 Å². The zero-order valence-corrected chi connectivity index (χ0v) is 20.1. The van der Waals surface area contributed by atoms with Gasteiger partial charge < -0.3 is 35.2 Å². The van der Waals surface area contributed by atoms with E-state index in [4.69, 9.17) is 14.6 Å². The zero-order chi connectivity index (χ0) is 25.7. The SMILES string of the molecule is CCOC(=O)[C@H](Cc1ccccc1)CS(=O)(=O)C(C)(C)C(=O)N[C@H]1[C@@H](O)[C@H](O)[C@@H](CO)O[C@@H]1O. The quantitative estimate of drug-likeness (QED) is 0.236. The van der Waals surface area contributed by atoms with Gasteiger partial charge in [0, 0.05) is 0 Å². The molecule has 1 aliphatic rings. The van der Waals surface area contributed by atoms with Crippen LogP contribution in [0.3, 0.4) is 0 Å². The molecule has 0 radical (unpaired) electrons. The van der Waals surface area contributed by atoms with E-state index in [0.717, 1.165) is 19.4 Å². The Morgan fingerprint density at radius 3 is 2.32 bits per heavy atom. The van der Waals surface area contributed by atoms with Crippen LogP contribution >= 0.6 is 0 Å². The molecule has 0 aliphatic carbocycles. The molecular weight excluding hydrogens is 470 g/mol. The Kier molecular flexibility index (Phi) is 9.57. The van der Waals surface area contributed by atoms with Gasteiger partial charge in [-0.25, -0.2) is 8.42 Å². The van der Waals surface area contributed by atoms with Crippen LogP contribution in [0.25, 0.3) is 0 Å². The molecule has 1 saturated heterocycles. The van der Waals surface area contributed by atoms with Crippen molar-refractivity contribution in [2.75, 3.05) is 19.0 Å². The van der Waals surface area contributed by atoms with Crippen LogP contribution in [0.5, 0.6) is 0 Å². The molecule has 0 unspecified atom stereocenters. The Morgan fingerprint density at radius 1 is 1.15 bits per heavy atom. The molecule has 5 N–H and O–H groups in total. The Balaban J connectivity index is 2.21. The van der Waals surface area contributed by atoms with Gasteiger partial charge in [0.2, 0.25) is 5.91 Å². The van der Waals surface area contributed by atoms with E-state index in [1.54, 1.807) is 37.3 Å². The van der Waals surface area contributed by atoms with Crippen molar-refractivity contribution in [3.8, 4) is 0 Å². The smallest absolute Gasteiger partial charge is 0.310 e. The predicted molar refractivity (Wildman–Crippen MR) is 120 cm³/mol. The third kappa shape index (κ3) is 6.32. The number of hydrogen-bond donors (Lipinski definition) is 5. The van der Waals surface area contributed by atoms with Crippen LogP contribution < -0.4 is 5.32 Å². The predicted octanol–water partition coefficient (Wildman–Crippen LogP) is -1.48. The Labute approximate surface area is 198 Å². The van der Waals surface area contributed by atoms with Gasteiger partial charge in [-0.05, 0) is 32.8 Å². The molecule has 192 valence electrons. The third-order valence-corrected chi connectivity index (χ3v) is 8.47. The largest absolute Gasteiger partial charge is 0.466 e. The number of carbonyl (C=O) groups is 2. The summed E-state index contributed by atoms with van der Waals surface area (Å²) in [5, 5.41) is 41.7. The van der Waals surface area contributed by atoms with Crippen molar-refractivity contribution < 1.29 is 47.9 Å². The number of benzene rings is 1. The lowest BCUT2D eigenvalue weighted by atomic mass is 9.96. The van der Waals surface area contributed by atoms with Gasteiger partial charge in [-0.2, -0.15) is 0 Å². The first-order valence-electron chi connectivity index (χ1n) is 10.9. The van der Waals surface area contributed by atoms with Crippen molar-refractivity contribution >= 4 is 21.7 Å². The molecule has 1 aromatic carbocycles. The molecule has 1 heterocycles. The fourth-order valence-corrected chi connectivity index (χ4v) is 5.10. The molecule has 11 nitrogen and oxygen atoms in total. The average Bonchev–Trinajstić information content (AvgIpc) is 2.79. The topological polar surface area (TPSA) is 180 Å². The summed E-state index contributed by atoms with van der Waals surface area (Å²) in [6.07, 6.45) is -6.35. The van der Waals surface area contributed by atoms with Gasteiger partial charge in [0.05, 0.1) is 24.9 Å². The Morgan fingerprint density at radius 2 is 1.76 bits per heavy atom. The van der Waals surface area contributed by atoms with Crippen LogP contribution in [-0.4, -0.2) is 95.1 Å². The minimum atomic E-state index is -4.28. The van der Waals surface area contributed by atoms with Crippen molar-refractivity contribution in [3.05, 3.63) is 35.9 Å². The van der Waals surface area contributed by atoms with Crippen molar-refractivity contribution in [1.82, 2.24) is 5.32 Å². The van der Waals surface area contributed by atoms with Gasteiger partial charge >= 0.3 is 5.97 Å². The van der Waals surface area contributed by atoms with E-state index in [-0.39, 0.29) is 13.0 Å². The number of aliphatic hydroxyl groups excluding tert-OH is 4. The molecule has 0 saturated carbocycles. The summed E-state index contributed by atoms with van der Waals surface area (Å²) in [5.74, 6) is -3.53. The fourth-order valence-electron chi connectivity index (χ4n) is 3.56. The maximum Gasteiger partial charge on any atom is 0.310 e. The summed E-state index contributed by atoms with van der Waals surface area (Å²) in [6, 6.07) is 7.22. The molecule has 1 aliphatic heterocycles. The van der Waals surface area contributed by atoms with E-state index in [9.17, 15) is 33.3 Å². The highest BCUT2D eigenvalue weighted by atomic mass is 32.2. The number of esters is 1. The number of hydrogen-bond acceptors (Lipinski definition) is 10. The minimum absolute atomic E-state index is 0.0582. The van der Waals surface area contributed by atoms with E-state index in [2.05, 4.69) is 5.32 Å². The lowest BCUT2D eigenvalue weighted by molar-refractivity contribution is -0.254. The van der Waals surface area contributed by atoms with E-state index in [0.29, 0.717) is 0 Å². The van der Waals surface area contributed by atoms with Crippen LogP contribution in [0.2, 0.25) is 0 Å². The van der Waals surface area contributed by atoms with Crippen molar-refractivity contribution in [2.24, 2.45) is 5.92 Å².